The van der Waals surface area contributed by atoms with Gasteiger partial charge in [0.2, 0.25) is 0 Å². The third-order valence-electron chi connectivity index (χ3n) is 7.01. The van der Waals surface area contributed by atoms with Crippen LogP contribution in [0.3, 0.4) is 0 Å². The lowest BCUT2D eigenvalue weighted by Crippen LogP contribution is -2.42. The lowest BCUT2D eigenvalue weighted by molar-refractivity contribution is 0.224. The van der Waals surface area contributed by atoms with Crippen LogP contribution >= 0.6 is 0 Å². The summed E-state index contributed by atoms with van der Waals surface area (Å²) in [5, 5.41) is 3.14. The zero-order valence-electron chi connectivity index (χ0n) is 16.7. The molecule has 0 aliphatic heterocycles. The molecule has 0 spiro atoms. The molecule has 2 unspecified atom stereocenters. The molecule has 2 aliphatic carbocycles. The first-order valence-electron chi connectivity index (χ1n) is 9.29. The highest BCUT2D eigenvalue weighted by molar-refractivity contribution is 6.62. The Morgan fingerprint density at radius 3 is 2.28 bits per heavy atom. The Hall–Kier alpha value is -1.60. The van der Waals surface area contributed by atoms with Crippen molar-refractivity contribution < 1.29 is 0 Å². The van der Waals surface area contributed by atoms with E-state index in [0.29, 0.717) is 0 Å². The van der Waals surface area contributed by atoms with E-state index in [1.807, 2.05) is 0 Å². The van der Waals surface area contributed by atoms with Crippen molar-refractivity contribution >= 4 is 14.7 Å². The van der Waals surface area contributed by atoms with E-state index < -0.39 is 0 Å². The molecule has 0 bridgehead atoms. The van der Waals surface area contributed by atoms with Gasteiger partial charge in [0.25, 0.3) is 0 Å². The average Bonchev–Trinajstić information content (AvgIpc) is 2.76. The van der Waals surface area contributed by atoms with Crippen molar-refractivity contribution in [2.75, 3.05) is 0 Å². The Bertz CT molecular complexity index is 834. The van der Waals surface area contributed by atoms with Crippen LogP contribution in [0.15, 0.2) is 64.4 Å². The fraction of sp³-hybridized carbons (Fsp3) is 0.417. The number of hydrogen-bond donors (Lipinski definition) is 0. The largest absolute Gasteiger partial charge is 0.117 e. The number of rotatable bonds is 3. The summed E-state index contributed by atoms with van der Waals surface area (Å²) >= 11 is 0. The summed E-state index contributed by atoms with van der Waals surface area (Å²) in [6, 6.07) is 6.76. The van der Waals surface area contributed by atoms with Crippen LogP contribution < -0.4 is 5.19 Å². The second kappa shape index (κ2) is 6.28. The summed E-state index contributed by atoms with van der Waals surface area (Å²) in [5.74, 6) is 0. The van der Waals surface area contributed by atoms with Gasteiger partial charge in [0.15, 0.2) is 0 Å². The predicted octanol–water partition coefficient (Wildman–Crippen LogP) is 5.79. The van der Waals surface area contributed by atoms with Gasteiger partial charge in [0.1, 0.15) is 9.52 Å². The van der Waals surface area contributed by atoms with Crippen LogP contribution in [0.1, 0.15) is 52.2 Å². The quantitative estimate of drug-likeness (QED) is 0.608. The van der Waals surface area contributed by atoms with Crippen molar-refractivity contribution in [2.24, 2.45) is 10.8 Å². The molecular weight excluding hydrogens is 316 g/mol. The van der Waals surface area contributed by atoms with Gasteiger partial charge in [-0.05, 0) is 57.7 Å². The molecule has 0 saturated carbocycles. The highest BCUT2D eigenvalue weighted by Crippen LogP contribution is 2.59. The number of aryl methyl sites for hydroxylation is 1. The van der Waals surface area contributed by atoms with Crippen molar-refractivity contribution in [1.82, 2.24) is 0 Å². The van der Waals surface area contributed by atoms with E-state index in [0.717, 1.165) is 15.9 Å². The Balaban J connectivity index is 2.12. The fourth-order valence-corrected chi connectivity index (χ4v) is 6.39. The number of benzene rings is 1. The van der Waals surface area contributed by atoms with E-state index in [-0.39, 0.29) is 10.8 Å². The second-order valence-electron chi connectivity index (χ2n) is 8.16. The molecule has 0 saturated heterocycles. The summed E-state index contributed by atoms with van der Waals surface area (Å²) in [6.07, 6.45) is 10.3. The Labute approximate surface area is 156 Å². The molecule has 0 heterocycles. The fourth-order valence-electron chi connectivity index (χ4n) is 4.46. The van der Waals surface area contributed by atoms with Crippen LogP contribution in [0.4, 0.5) is 0 Å². The maximum atomic E-state index is 2.49. The predicted molar refractivity (Wildman–Crippen MR) is 111 cm³/mol. The highest BCUT2D eigenvalue weighted by atomic mass is 28.2. The van der Waals surface area contributed by atoms with E-state index in [1.54, 1.807) is 10.8 Å². The van der Waals surface area contributed by atoms with Crippen LogP contribution in [0.25, 0.3) is 0 Å². The van der Waals surface area contributed by atoms with Gasteiger partial charge in [-0.3, -0.25) is 0 Å². The Morgan fingerprint density at radius 1 is 0.920 bits per heavy atom. The van der Waals surface area contributed by atoms with Crippen LogP contribution in [0.5, 0.6) is 0 Å². The minimum Gasteiger partial charge on any atom is -0.0837 e. The van der Waals surface area contributed by atoms with Crippen molar-refractivity contribution in [2.45, 2.75) is 54.9 Å². The average molecular weight is 347 g/mol. The number of allylic oxidation sites excluding steroid dienone is 8. The molecule has 1 aromatic rings. The smallest absolute Gasteiger partial charge is 0.0837 e. The van der Waals surface area contributed by atoms with Gasteiger partial charge < -0.3 is 0 Å². The minimum absolute atomic E-state index is 0.0943. The van der Waals surface area contributed by atoms with Crippen molar-refractivity contribution in [3.63, 3.8) is 0 Å². The van der Waals surface area contributed by atoms with Crippen molar-refractivity contribution in [3.8, 4) is 0 Å². The van der Waals surface area contributed by atoms with Crippen LogP contribution in [-0.2, 0) is 0 Å². The molecule has 1 heteroatoms. The molecule has 0 aromatic heterocycles. The molecule has 1 aromatic carbocycles. The van der Waals surface area contributed by atoms with Crippen LogP contribution in [0.2, 0.25) is 0 Å². The molecule has 0 nitrogen and oxygen atoms in total. The number of hydrogen-bond acceptors (Lipinski definition) is 0. The summed E-state index contributed by atoms with van der Waals surface area (Å²) in [6.45, 7) is 16.4. The third-order valence-corrected chi connectivity index (χ3v) is 8.95. The lowest BCUT2D eigenvalue weighted by atomic mass is 9.60. The van der Waals surface area contributed by atoms with E-state index >= 15 is 0 Å². The summed E-state index contributed by atoms with van der Waals surface area (Å²) < 4.78 is 0. The first kappa shape index (κ1) is 18.2. The molecule has 0 amide bonds. The summed E-state index contributed by atoms with van der Waals surface area (Å²) in [5.41, 5.74) is 7.66. The van der Waals surface area contributed by atoms with E-state index in [4.69, 9.17) is 0 Å². The van der Waals surface area contributed by atoms with Gasteiger partial charge >= 0.3 is 0 Å². The van der Waals surface area contributed by atoms with Gasteiger partial charge in [0.05, 0.1) is 0 Å². The van der Waals surface area contributed by atoms with Gasteiger partial charge in [-0.25, -0.2) is 0 Å². The van der Waals surface area contributed by atoms with Crippen LogP contribution in [0, 0.1) is 24.7 Å². The molecule has 2 radical (unpaired) electrons. The summed E-state index contributed by atoms with van der Waals surface area (Å²) in [4.78, 5) is 0. The minimum atomic E-state index is 0.0943. The molecule has 0 N–H and O–H groups in total. The molecule has 25 heavy (non-hydrogen) atoms. The first-order chi connectivity index (χ1) is 11.7. The van der Waals surface area contributed by atoms with Crippen molar-refractivity contribution in [1.29, 1.82) is 0 Å². The Kier molecular flexibility index (Phi) is 4.57. The van der Waals surface area contributed by atoms with Gasteiger partial charge in [-0.1, -0.05) is 77.9 Å². The zero-order valence-corrected chi connectivity index (χ0v) is 17.7. The SMILES string of the molecule is CC1=C(C)C(C)(C2(C)C=CC=CC2)C([Si]c2cccc(C)c2C)=C1C. The van der Waals surface area contributed by atoms with E-state index in [9.17, 15) is 0 Å². The third kappa shape index (κ3) is 2.64. The molecular formula is C24H30Si. The zero-order chi connectivity index (χ0) is 18.4. The molecule has 3 rings (SSSR count). The van der Waals surface area contributed by atoms with Crippen LogP contribution in [-0.4, -0.2) is 9.52 Å². The molecule has 2 aliphatic rings. The maximum absolute atomic E-state index is 2.49. The standard InChI is InChI=1S/C24H30Si/c1-16-12-11-13-21(17(16)2)25-22-19(4)18(3)20(5)24(22,7)23(6)14-9-8-10-15-23/h8-14H,15H2,1-7H3. The van der Waals surface area contributed by atoms with Crippen molar-refractivity contribution in [3.05, 3.63) is 75.5 Å². The Morgan fingerprint density at radius 2 is 1.64 bits per heavy atom. The normalized spacial score (nSPS) is 29.1. The topological polar surface area (TPSA) is 0 Å². The van der Waals surface area contributed by atoms with E-state index in [1.165, 1.54) is 27.5 Å². The van der Waals surface area contributed by atoms with Gasteiger partial charge in [-0.2, -0.15) is 0 Å². The van der Waals surface area contributed by atoms with E-state index in [2.05, 4.69) is 91.0 Å². The lowest BCUT2D eigenvalue weighted by Gasteiger charge is -2.47. The monoisotopic (exact) mass is 346 g/mol. The molecule has 2 atom stereocenters. The second-order valence-corrected chi connectivity index (χ2v) is 9.45. The maximum Gasteiger partial charge on any atom is 0.117 e. The highest BCUT2D eigenvalue weighted by Gasteiger charge is 2.50. The summed E-state index contributed by atoms with van der Waals surface area (Å²) in [7, 11) is 0.742. The molecule has 130 valence electrons. The first-order valence-corrected chi connectivity index (χ1v) is 10.3. The van der Waals surface area contributed by atoms with Gasteiger partial charge in [-0.15, -0.1) is 0 Å². The molecule has 0 fully saturated rings. The van der Waals surface area contributed by atoms with Gasteiger partial charge in [0, 0.05) is 10.8 Å².